The first kappa shape index (κ1) is 20.1. The fraction of sp³-hybridized carbons (Fsp3) is 0.625. The summed E-state index contributed by atoms with van der Waals surface area (Å²) in [5.41, 5.74) is -2.03. The molecule has 1 aliphatic heterocycles. The van der Waals surface area contributed by atoms with Gasteiger partial charge in [-0.05, 0) is 49.5 Å². The molecular weight excluding hydrogens is 442 g/mol. The SMILES string of the molecule is CC(C)(C)OC(=O)N1CCC(O)(Cn2cnn3c(Br)c(Cl)nc3c2=O)CC1. The number of imidazole rings is 1. The third kappa shape index (κ3) is 4.27. The van der Waals surface area contributed by atoms with E-state index in [-0.39, 0.29) is 17.3 Å². The predicted octanol–water partition coefficient (Wildman–Crippen LogP) is 2.07. The highest BCUT2D eigenvalue weighted by Gasteiger charge is 2.36. The van der Waals surface area contributed by atoms with Crippen LogP contribution >= 0.6 is 27.5 Å². The Labute approximate surface area is 169 Å². The minimum Gasteiger partial charge on any atom is -0.444 e. The molecule has 0 aromatic carbocycles. The van der Waals surface area contributed by atoms with Crippen molar-refractivity contribution in [1.82, 2.24) is 24.1 Å². The Balaban J connectivity index is 1.72. The summed E-state index contributed by atoms with van der Waals surface area (Å²) in [6, 6.07) is 0. The molecule has 1 N–H and O–H groups in total. The Morgan fingerprint density at radius 1 is 1.41 bits per heavy atom. The molecule has 1 saturated heterocycles. The topological polar surface area (TPSA) is 102 Å². The van der Waals surface area contributed by atoms with Crippen molar-refractivity contribution < 1.29 is 14.6 Å². The molecule has 0 spiro atoms. The summed E-state index contributed by atoms with van der Waals surface area (Å²) in [6.45, 7) is 6.16. The van der Waals surface area contributed by atoms with Gasteiger partial charge in [-0.1, -0.05) is 11.6 Å². The zero-order chi connectivity index (χ0) is 20.0. The van der Waals surface area contributed by atoms with Crippen molar-refractivity contribution in [2.45, 2.75) is 51.4 Å². The number of fused-ring (bicyclic) bond motifs is 1. The van der Waals surface area contributed by atoms with E-state index in [1.54, 1.807) is 25.7 Å². The molecule has 9 nitrogen and oxygen atoms in total. The summed E-state index contributed by atoms with van der Waals surface area (Å²) in [5, 5.41) is 15.2. The van der Waals surface area contributed by atoms with Crippen LogP contribution in [0.3, 0.4) is 0 Å². The van der Waals surface area contributed by atoms with Crippen molar-refractivity contribution in [3.05, 3.63) is 26.4 Å². The average Bonchev–Trinajstić information content (AvgIpc) is 2.85. The van der Waals surface area contributed by atoms with Gasteiger partial charge in [0.15, 0.2) is 5.15 Å². The minimum atomic E-state index is -1.13. The highest BCUT2D eigenvalue weighted by molar-refractivity contribution is 9.10. The van der Waals surface area contributed by atoms with Gasteiger partial charge < -0.3 is 14.7 Å². The molecule has 0 radical (unpaired) electrons. The third-order valence-corrected chi connectivity index (χ3v) is 5.53. The maximum atomic E-state index is 12.6. The lowest BCUT2D eigenvalue weighted by atomic mass is 9.91. The zero-order valence-corrected chi connectivity index (χ0v) is 17.6. The fourth-order valence-corrected chi connectivity index (χ4v) is 3.43. The van der Waals surface area contributed by atoms with Crippen LogP contribution in [0.25, 0.3) is 5.65 Å². The van der Waals surface area contributed by atoms with E-state index in [1.807, 2.05) is 0 Å². The fourth-order valence-electron chi connectivity index (χ4n) is 2.93. The van der Waals surface area contributed by atoms with E-state index in [0.29, 0.717) is 30.5 Å². The van der Waals surface area contributed by atoms with Gasteiger partial charge in [-0.15, -0.1) is 0 Å². The summed E-state index contributed by atoms with van der Waals surface area (Å²) >= 11 is 9.14. The Kier molecular flexibility index (Phi) is 5.26. The van der Waals surface area contributed by atoms with Crippen LogP contribution in [0.2, 0.25) is 5.15 Å². The van der Waals surface area contributed by atoms with Crippen LogP contribution in [-0.2, 0) is 11.3 Å². The summed E-state index contributed by atoms with van der Waals surface area (Å²) in [7, 11) is 0. The van der Waals surface area contributed by atoms with E-state index in [0.717, 1.165) is 0 Å². The first-order valence-corrected chi connectivity index (χ1v) is 9.66. The summed E-state index contributed by atoms with van der Waals surface area (Å²) in [4.78, 5) is 30.3. The number of amides is 1. The van der Waals surface area contributed by atoms with E-state index in [1.165, 1.54) is 15.4 Å². The Bertz CT molecular complexity index is 927. The molecule has 2 aromatic heterocycles. The molecule has 3 heterocycles. The number of piperidine rings is 1. The van der Waals surface area contributed by atoms with Crippen LogP contribution in [0.1, 0.15) is 33.6 Å². The highest BCUT2D eigenvalue weighted by atomic mass is 79.9. The van der Waals surface area contributed by atoms with Gasteiger partial charge in [-0.25, -0.2) is 9.78 Å². The molecule has 0 atom stereocenters. The van der Waals surface area contributed by atoms with Gasteiger partial charge in [0.05, 0.1) is 12.1 Å². The van der Waals surface area contributed by atoms with Crippen molar-refractivity contribution in [3.8, 4) is 0 Å². The van der Waals surface area contributed by atoms with E-state index < -0.39 is 22.9 Å². The molecule has 148 valence electrons. The number of halogens is 2. The molecule has 1 amide bonds. The maximum Gasteiger partial charge on any atom is 0.410 e. The van der Waals surface area contributed by atoms with Crippen LogP contribution < -0.4 is 5.56 Å². The van der Waals surface area contributed by atoms with Gasteiger partial charge in [0.1, 0.15) is 16.5 Å². The minimum absolute atomic E-state index is 0.0551. The monoisotopic (exact) mass is 461 g/mol. The highest BCUT2D eigenvalue weighted by Crippen LogP contribution is 2.25. The molecule has 1 aliphatic rings. The van der Waals surface area contributed by atoms with Crippen LogP contribution in [0.5, 0.6) is 0 Å². The van der Waals surface area contributed by atoms with Gasteiger partial charge in [0.25, 0.3) is 5.56 Å². The molecule has 0 aliphatic carbocycles. The Morgan fingerprint density at radius 3 is 2.63 bits per heavy atom. The number of likely N-dealkylation sites (tertiary alicyclic amines) is 1. The Morgan fingerprint density at radius 2 is 2.04 bits per heavy atom. The molecule has 11 heteroatoms. The van der Waals surface area contributed by atoms with Gasteiger partial charge in [0.2, 0.25) is 5.65 Å². The summed E-state index contributed by atoms with van der Waals surface area (Å²) < 4.78 is 8.37. The van der Waals surface area contributed by atoms with Gasteiger partial charge in [-0.2, -0.15) is 9.61 Å². The number of rotatable bonds is 2. The number of carbonyl (C=O) groups is 1. The molecule has 27 heavy (non-hydrogen) atoms. The number of hydrogen-bond donors (Lipinski definition) is 1. The summed E-state index contributed by atoms with van der Waals surface area (Å²) in [5.74, 6) is 0. The van der Waals surface area contributed by atoms with Crippen LogP contribution in [0.15, 0.2) is 15.7 Å². The predicted molar refractivity (Wildman–Crippen MR) is 102 cm³/mol. The number of ether oxygens (including phenoxy) is 1. The molecule has 2 aromatic rings. The molecular formula is C16H21BrClN5O4. The van der Waals surface area contributed by atoms with Gasteiger partial charge in [0, 0.05) is 13.1 Å². The van der Waals surface area contributed by atoms with Crippen molar-refractivity contribution in [1.29, 1.82) is 0 Å². The van der Waals surface area contributed by atoms with Crippen LogP contribution in [0, 0.1) is 0 Å². The van der Waals surface area contributed by atoms with E-state index in [9.17, 15) is 14.7 Å². The number of aromatic nitrogens is 4. The maximum absolute atomic E-state index is 12.6. The molecule has 0 unspecified atom stereocenters. The van der Waals surface area contributed by atoms with Crippen molar-refractivity contribution in [2.24, 2.45) is 0 Å². The lowest BCUT2D eigenvalue weighted by molar-refractivity contribution is -0.0420. The van der Waals surface area contributed by atoms with Crippen molar-refractivity contribution in [2.75, 3.05) is 13.1 Å². The number of hydrogen-bond acceptors (Lipinski definition) is 6. The standard InChI is InChI=1S/C16H21BrClN5O4/c1-15(2,3)27-14(25)21-6-4-16(26,5-7-21)8-22-9-19-23-10(17)11(18)20-12(23)13(22)24/h9,26H,4-8H2,1-3H3. The molecule has 3 rings (SSSR count). The first-order valence-electron chi connectivity index (χ1n) is 8.49. The van der Waals surface area contributed by atoms with E-state index >= 15 is 0 Å². The molecule has 1 fully saturated rings. The average molecular weight is 463 g/mol. The number of carbonyl (C=O) groups excluding carboxylic acids is 1. The quantitative estimate of drug-likeness (QED) is 0.733. The molecule has 0 saturated carbocycles. The largest absolute Gasteiger partial charge is 0.444 e. The van der Waals surface area contributed by atoms with Crippen LogP contribution in [0.4, 0.5) is 4.79 Å². The number of aliphatic hydroxyl groups is 1. The second kappa shape index (κ2) is 7.06. The Hall–Kier alpha value is -1.65. The van der Waals surface area contributed by atoms with E-state index in [2.05, 4.69) is 26.0 Å². The smallest absolute Gasteiger partial charge is 0.410 e. The molecule has 0 bridgehead atoms. The third-order valence-electron chi connectivity index (χ3n) is 4.33. The van der Waals surface area contributed by atoms with Gasteiger partial charge in [-0.3, -0.25) is 9.36 Å². The van der Waals surface area contributed by atoms with Crippen LogP contribution in [-0.4, -0.2) is 59.6 Å². The summed E-state index contributed by atoms with van der Waals surface area (Å²) in [6.07, 6.45) is 1.59. The van der Waals surface area contributed by atoms with Gasteiger partial charge >= 0.3 is 6.09 Å². The van der Waals surface area contributed by atoms with E-state index in [4.69, 9.17) is 16.3 Å². The lowest BCUT2D eigenvalue weighted by Gasteiger charge is -2.38. The first-order chi connectivity index (χ1) is 12.5. The van der Waals surface area contributed by atoms with Crippen molar-refractivity contribution in [3.63, 3.8) is 0 Å². The zero-order valence-electron chi connectivity index (χ0n) is 15.3. The second-order valence-corrected chi connectivity index (χ2v) is 8.79. The second-order valence-electron chi connectivity index (χ2n) is 7.68. The lowest BCUT2D eigenvalue weighted by Crippen LogP contribution is -2.50. The van der Waals surface area contributed by atoms with Crippen molar-refractivity contribution >= 4 is 39.3 Å². The normalized spacial score (nSPS) is 17.3. The number of nitrogens with zero attached hydrogens (tertiary/aromatic N) is 5.